The summed E-state index contributed by atoms with van der Waals surface area (Å²) in [5.74, 6) is 0.680. The van der Waals surface area contributed by atoms with E-state index in [9.17, 15) is 13.6 Å². The first kappa shape index (κ1) is 15.1. The minimum atomic E-state index is -2.73. The highest BCUT2D eigenvalue weighted by molar-refractivity contribution is 5.93. The Morgan fingerprint density at radius 1 is 1.25 bits per heavy atom. The summed E-state index contributed by atoms with van der Waals surface area (Å²) in [5, 5.41) is 3.53. The number of benzene rings is 1. The average Bonchev–Trinajstić information content (AvgIpc) is 3.22. The SMILES string of the molecule is O=C(c1cnn(C(F)F)c1)N1CCC2(CC1)COc1ccccc12. The molecule has 0 saturated carbocycles. The van der Waals surface area contributed by atoms with Crippen LogP contribution in [0.1, 0.15) is 35.3 Å². The van der Waals surface area contributed by atoms with Gasteiger partial charge < -0.3 is 9.64 Å². The molecule has 4 rings (SSSR count). The number of nitrogens with zero attached hydrogens (tertiary/aromatic N) is 3. The van der Waals surface area contributed by atoms with Gasteiger partial charge in [-0.15, -0.1) is 0 Å². The van der Waals surface area contributed by atoms with Gasteiger partial charge in [-0.2, -0.15) is 13.9 Å². The molecule has 3 heterocycles. The third-order valence-corrected chi connectivity index (χ3v) is 5.02. The van der Waals surface area contributed by atoms with Crippen LogP contribution in [0.3, 0.4) is 0 Å². The first-order valence-electron chi connectivity index (χ1n) is 7.93. The van der Waals surface area contributed by atoms with Gasteiger partial charge in [0.25, 0.3) is 5.91 Å². The lowest BCUT2D eigenvalue weighted by atomic mass is 9.74. The van der Waals surface area contributed by atoms with E-state index in [2.05, 4.69) is 11.2 Å². The molecule has 24 heavy (non-hydrogen) atoms. The van der Waals surface area contributed by atoms with E-state index in [1.807, 2.05) is 18.2 Å². The van der Waals surface area contributed by atoms with Crippen LogP contribution in [0.4, 0.5) is 8.78 Å². The van der Waals surface area contributed by atoms with Crippen LogP contribution < -0.4 is 4.74 Å². The Balaban J connectivity index is 1.47. The summed E-state index contributed by atoms with van der Waals surface area (Å²) in [4.78, 5) is 14.2. The second-order valence-electron chi connectivity index (χ2n) is 6.34. The molecule has 0 aliphatic carbocycles. The van der Waals surface area contributed by atoms with Crippen molar-refractivity contribution in [1.29, 1.82) is 0 Å². The quantitative estimate of drug-likeness (QED) is 0.849. The van der Waals surface area contributed by atoms with Gasteiger partial charge in [-0.3, -0.25) is 4.79 Å². The molecule has 0 atom stereocenters. The summed E-state index contributed by atoms with van der Waals surface area (Å²) in [6, 6.07) is 8.02. The Morgan fingerprint density at radius 3 is 2.71 bits per heavy atom. The largest absolute Gasteiger partial charge is 0.492 e. The normalized spacial score (nSPS) is 18.7. The van der Waals surface area contributed by atoms with Crippen molar-refractivity contribution in [2.24, 2.45) is 0 Å². The van der Waals surface area contributed by atoms with Gasteiger partial charge >= 0.3 is 6.55 Å². The summed E-state index contributed by atoms with van der Waals surface area (Å²) in [6.45, 7) is -0.937. The second-order valence-corrected chi connectivity index (χ2v) is 6.34. The van der Waals surface area contributed by atoms with Crippen LogP contribution in [0.5, 0.6) is 5.75 Å². The van der Waals surface area contributed by atoms with Crippen LogP contribution in [-0.4, -0.2) is 40.3 Å². The first-order chi connectivity index (χ1) is 11.6. The lowest BCUT2D eigenvalue weighted by molar-refractivity contribution is 0.0561. The maximum absolute atomic E-state index is 12.6. The van der Waals surface area contributed by atoms with Crippen molar-refractivity contribution in [3.8, 4) is 5.75 Å². The number of carbonyl (C=O) groups is 1. The molecular weight excluding hydrogens is 316 g/mol. The van der Waals surface area contributed by atoms with E-state index in [4.69, 9.17) is 4.74 Å². The smallest absolute Gasteiger partial charge is 0.333 e. The van der Waals surface area contributed by atoms with Crippen LogP contribution >= 0.6 is 0 Å². The number of piperidine rings is 1. The van der Waals surface area contributed by atoms with E-state index in [0.717, 1.165) is 24.8 Å². The number of amides is 1. The molecule has 1 spiro atoms. The fourth-order valence-electron chi connectivity index (χ4n) is 3.61. The van der Waals surface area contributed by atoms with Crippen molar-refractivity contribution in [3.05, 3.63) is 47.8 Å². The molecule has 0 bridgehead atoms. The molecule has 1 saturated heterocycles. The molecule has 1 aromatic carbocycles. The molecule has 1 fully saturated rings. The van der Waals surface area contributed by atoms with Crippen molar-refractivity contribution in [2.45, 2.75) is 24.8 Å². The number of rotatable bonds is 2. The Morgan fingerprint density at radius 2 is 2.00 bits per heavy atom. The molecule has 2 aliphatic heterocycles. The van der Waals surface area contributed by atoms with Gasteiger partial charge in [0.1, 0.15) is 5.75 Å². The molecule has 7 heteroatoms. The highest BCUT2D eigenvalue weighted by atomic mass is 19.3. The maximum atomic E-state index is 12.6. The van der Waals surface area contributed by atoms with E-state index >= 15 is 0 Å². The van der Waals surface area contributed by atoms with E-state index in [1.54, 1.807) is 4.90 Å². The zero-order valence-electron chi connectivity index (χ0n) is 13.0. The molecule has 1 amide bonds. The molecular formula is C17H17F2N3O2. The number of likely N-dealkylation sites (tertiary alicyclic amines) is 1. The monoisotopic (exact) mass is 333 g/mol. The van der Waals surface area contributed by atoms with Crippen molar-refractivity contribution >= 4 is 5.91 Å². The van der Waals surface area contributed by atoms with Gasteiger partial charge in [-0.05, 0) is 18.9 Å². The van der Waals surface area contributed by atoms with Crippen molar-refractivity contribution in [2.75, 3.05) is 19.7 Å². The Hall–Kier alpha value is -2.44. The van der Waals surface area contributed by atoms with Crippen molar-refractivity contribution < 1.29 is 18.3 Å². The molecule has 126 valence electrons. The van der Waals surface area contributed by atoms with Crippen molar-refractivity contribution in [1.82, 2.24) is 14.7 Å². The summed E-state index contributed by atoms with van der Waals surface area (Å²) in [7, 11) is 0. The van der Waals surface area contributed by atoms with Gasteiger partial charge in [0.05, 0.1) is 18.4 Å². The molecule has 0 N–H and O–H groups in total. The van der Waals surface area contributed by atoms with E-state index in [-0.39, 0.29) is 16.9 Å². The number of hydrogen-bond acceptors (Lipinski definition) is 3. The number of hydrogen-bond donors (Lipinski definition) is 0. The Bertz CT molecular complexity index is 767. The first-order valence-corrected chi connectivity index (χ1v) is 7.93. The van der Waals surface area contributed by atoms with Crippen LogP contribution in [0.15, 0.2) is 36.7 Å². The summed E-state index contributed by atoms with van der Waals surface area (Å²) < 4.78 is 31.5. The number of alkyl halides is 2. The standard InChI is InChI=1S/C17H17F2N3O2/c18-16(19)22-10-12(9-20-22)15(23)21-7-5-17(6-8-21)11-24-14-4-2-1-3-13(14)17/h1-4,9-10,16H,5-8,11H2. The lowest BCUT2D eigenvalue weighted by Gasteiger charge is -2.38. The second kappa shape index (κ2) is 5.58. The highest BCUT2D eigenvalue weighted by Gasteiger charge is 2.43. The zero-order valence-corrected chi connectivity index (χ0v) is 13.0. The number of carbonyl (C=O) groups excluding carboxylic acids is 1. The fourth-order valence-corrected chi connectivity index (χ4v) is 3.61. The maximum Gasteiger partial charge on any atom is 0.333 e. The molecule has 5 nitrogen and oxygen atoms in total. The van der Waals surface area contributed by atoms with Gasteiger partial charge in [0.15, 0.2) is 0 Å². The van der Waals surface area contributed by atoms with Crippen LogP contribution in [-0.2, 0) is 5.41 Å². The number of para-hydroxylation sites is 1. The zero-order chi connectivity index (χ0) is 16.7. The average molecular weight is 333 g/mol. The molecule has 0 unspecified atom stereocenters. The third-order valence-electron chi connectivity index (χ3n) is 5.02. The van der Waals surface area contributed by atoms with Gasteiger partial charge in [0.2, 0.25) is 0 Å². The van der Waals surface area contributed by atoms with Gasteiger partial charge in [0, 0.05) is 30.3 Å². The molecule has 1 aromatic heterocycles. The molecule has 0 radical (unpaired) electrons. The highest BCUT2D eigenvalue weighted by Crippen LogP contribution is 2.45. The number of fused-ring (bicyclic) bond motifs is 2. The molecule has 2 aromatic rings. The van der Waals surface area contributed by atoms with E-state index < -0.39 is 6.55 Å². The predicted molar refractivity (Wildman–Crippen MR) is 82.2 cm³/mol. The number of halogens is 2. The number of ether oxygens (including phenoxy) is 1. The molecule has 2 aliphatic rings. The van der Waals surface area contributed by atoms with Gasteiger partial charge in [-0.25, -0.2) is 4.68 Å². The fraction of sp³-hybridized carbons (Fsp3) is 0.412. The van der Waals surface area contributed by atoms with Crippen LogP contribution in [0.2, 0.25) is 0 Å². The minimum absolute atomic E-state index is 0.0411. The minimum Gasteiger partial charge on any atom is -0.492 e. The third kappa shape index (κ3) is 2.35. The number of aromatic nitrogens is 2. The Kier molecular flexibility index (Phi) is 3.51. The lowest BCUT2D eigenvalue weighted by Crippen LogP contribution is -2.46. The van der Waals surface area contributed by atoms with E-state index in [0.29, 0.717) is 24.4 Å². The predicted octanol–water partition coefficient (Wildman–Crippen LogP) is 2.84. The van der Waals surface area contributed by atoms with Crippen LogP contribution in [0, 0.1) is 0 Å². The van der Waals surface area contributed by atoms with Gasteiger partial charge in [-0.1, -0.05) is 18.2 Å². The summed E-state index contributed by atoms with van der Waals surface area (Å²) in [5.41, 5.74) is 1.37. The topological polar surface area (TPSA) is 47.4 Å². The summed E-state index contributed by atoms with van der Waals surface area (Å²) >= 11 is 0. The van der Waals surface area contributed by atoms with Crippen LogP contribution in [0.25, 0.3) is 0 Å². The Labute approximate surface area is 137 Å². The summed E-state index contributed by atoms with van der Waals surface area (Å²) in [6.07, 6.45) is 3.91. The van der Waals surface area contributed by atoms with Crippen molar-refractivity contribution in [3.63, 3.8) is 0 Å². The van der Waals surface area contributed by atoms with E-state index in [1.165, 1.54) is 11.8 Å².